The van der Waals surface area contributed by atoms with E-state index in [0.29, 0.717) is 25.9 Å². The van der Waals surface area contributed by atoms with Crippen molar-refractivity contribution in [2.24, 2.45) is 0 Å². The molecule has 0 radical (unpaired) electrons. The Bertz CT molecular complexity index is 909. The standard InChI is InChI=1S/C55H107NO5/c1-3-5-7-9-11-13-15-17-19-20-21-22-23-25-29-33-37-41-45-49-55(60)61-50-46-42-38-34-30-26-28-32-36-40-44-48-54(59)56-52(51-57)53(58)47-43-39-35-31-27-24-18-16-14-12-10-8-6-4-2/h17,19,52-53,57-58H,3-16,18,20-51H2,1-2H3,(H,56,59)/b19-17-. The largest absolute Gasteiger partial charge is 0.466 e. The van der Waals surface area contributed by atoms with E-state index in [1.165, 1.54) is 212 Å². The van der Waals surface area contributed by atoms with Gasteiger partial charge in [-0.25, -0.2) is 0 Å². The number of amides is 1. The van der Waals surface area contributed by atoms with Crippen LogP contribution in [0.3, 0.4) is 0 Å². The van der Waals surface area contributed by atoms with Gasteiger partial charge in [-0.1, -0.05) is 251 Å². The number of hydrogen-bond acceptors (Lipinski definition) is 5. The zero-order chi connectivity index (χ0) is 44.4. The zero-order valence-electron chi connectivity index (χ0n) is 41.2. The first-order valence-electron chi connectivity index (χ1n) is 27.4. The molecule has 0 saturated heterocycles. The van der Waals surface area contributed by atoms with Crippen molar-refractivity contribution >= 4 is 11.9 Å². The van der Waals surface area contributed by atoms with E-state index in [9.17, 15) is 19.8 Å². The van der Waals surface area contributed by atoms with Crippen molar-refractivity contribution in [3.8, 4) is 0 Å². The van der Waals surface area contributed by atoms with Gasteiger partial charge in [0, 0.05) is 12.8 Å². The van der Waals surface area contributed by atoms with Crippen LogP contribution >= 0.6 is 0 Å². The topological polar surface area (TPSA) is 95.9 Å². The lowest BCUT2D eigenvalue weighted by atomic mass is 10.0. The maximum Gasteiger partial charge on any atom is 0.305 e. The Morgan fingerprint density at radius 1 is 0.443 bits per heavy atom. The molecular formula is C55H107NO5. The van der Waals surface area contributed by atoms with Crippen LogP contribution in [0.4, 0.5) is 0 Å². The Hall–Kier alpha value is -1.40. The Kier molecular flexibility index (Phi) is 50.1. The molecule has 362 valence electrons. The van der Waals surface area contributed by atoms with Crippen LogP contribution in [0.25, 0.3) is 0 Å². The van der Waals surface area contributed by atoms with Gasteiger partial charge in [-0.15, -0.1) is 0 Å². The van der Waals surface area contributed by atoms with E-state index in [1.54, 1.807) is 0 Å². The van der Waals surface area contributed by atoms with Gasteiger partial charge in [0.05, 0.1) is 25.4 Å². The van der Waals surface area contributed by atoms with Crippen LogP contribution in [-0.4, -0.2) is 47.4 Å². The van der Waals surface area contributed by atoms with E-state index in [0.717, 1.165) is 57.8 Å². The summed E-state index contributed by atoms with van der Waals surface area (Å²) in [6.07, 6.45) is 59.0. The SMILES string of the molecule is CCCCCCCC/C=C\CCCCCCCCCCCC(=O)OCCCCCCCCCCCCCC(=O)NC(CO)C(O)CCCCCCCCCCCCCCCC. The van der Waals surface area contributed by atoms with Gasteiger partial charge in [0.1, 0.15) is 0 Å². The lowest BCUT2D eigenvalue weighted by Gasteiger charge is -2.22. The van der Waals surface area contributed by atoms with Crippen LogP contribution in [0, 0.1) is 0 Å². The van der Waals surface area contributed by atoms with Crippen molar-refractivity contribution in [3.63, 3.8) is 0 Å². The first kappa shape index (κ1) is 59.6. The highest BCUT2D eigenvalue weighted by atomic mass is 16.5. The molecule has 2 unspecified atom stereocenters. The van der Waals surface area contributed by atoms with E-state index in [2.05, 4.69) is 31.3 Å². The number of unbranched alkanes of at least 4 members (excludes halogenated alkanes) is 38. The normalized spacial score (nSPS) is 12.7. The van der Waals surface area contributed by atoms with E-state index >= 15 is 0 Å². The summed E-state index contributed by atoms with van der Waals surface area (Å²) >= 11 is 0. The molecule has 0 aliphatic rings. The molecule has 0 aromatic rings. The van der Waals surface area contributed by atoms with Gasteiger partial charge in [-0.05, 0) is 51.4 Å². The Labute approximate surface area is 380 Å². The number of aliphatic hydroxyl groups excluding tert-OH is 2. The second-order valence-corrected chi connectivity index (χ2v) is 18.9. The van der Waals surface area contributed by atoms with Crippen molar-refractivity contribution in [3.05, 3.63) is 12.2 Å². The number of carbonyl (C=O) groups excluding carboxylic acids is 2. The second-order valence-electron chi connectivity index (χ2n) is 18.9. The summed E-state index contributed by atoms with van der Waals surface area (Å²) < 4.78 is 5.48. The molecule has 0 aliphatic carbocycles. The highest BCUT2D eigenvalue weighted by Gasteiger charge is 2.20. The molecule has 0 heterocycles. The monoisotopic (exact) mass is 862 g/mol. The average Bonchev–Trinajstić information content (AvgIpc) is 3.26. The fourth-order valence-corrected chi connectivity index (χ4v) is 8.58. The number of esters is 1. The third-order valence-corrected chi connectivity index (χ3v) is 12.8. The second kappa shape index (κ2) is 51.2. The van der Waals surface area contributed by atoms with Crippen molar-refractivity contribution in [2.75, 3.05) is 13.2 Å². The summed E-state index contributed by atoms with van der Waals surface area (Å²) in [5.41, 5.74) is 0. The summed E-state index contributed by atoms with van der Waals surface area (Å²) in [4.78, 5) is 24.5. The molecule has 0 rings (SSSR count). The highest BCUT2D eigenvalue weighted by molar-refractivity contribution is 5.76. The Morgan fingerprint density at radius 3 is 1.16 bits per heavy atom. The molecule has 0 bridgehead atoms. The van der Waals surface area contributed by atoms with Crippen LogP contribution in [-0.2, 0) is 14.3 Å². The fourth-order valence-electron chi connectivity index (χ4n) is 8.58. The smallest absolute Gasteiger partial charge is 0.305 e. The molecule has 2 atom stereocenters. The number of nitrogens with one attached hydrogen (secondary N) is 1. The molecule has 0 fully saturated rings. The molecule has 0 aliphatic heterocycles. The van der Waals surface area contributed by atoms with Crippen LogP contribution in [0.15, 0.2) is 12.2 Å². The lowest BCUT2D eigenvalue weighted by Crippen LogP contribution is -2.45. The molecule has 3 N–H and O–H groups in total. The van der Waals surface area contributed by atoms with E-state index < -0.39 is 12.1 Å². The highest BCUT2D eigenvalue weighted by Crippen LogP contribution is 2.17. The maximum absolute atomic E-state index is 12.4. The third-order valence-electron chi connectivity index (χ3n) is 12.8. The van der Waals surface area contributed by atoms with E-state index in [1.807, 2.05) is 0 Å². The summed E-state index contributed by atoms with van der Waals surface area (Å²) in [6.45, 7) is 4.92. The average molecular weight is 862 g/mol. The van der Waals surface area contributed by atoms with Crippen LogP contribution < -0.4 is 5.32 Å². The minimum absolute atomic E-state index is 0.0135. The molecule has 6 nitrogen and oxygen atoms in total. The minimum Gasteiger partial charge on any atom is -0.466 e. The molecule has 0 aromatic carbocycles. The van der Waals surface area contributed by atoms with Crippen LogP contribution in [0.2, 0.25) is 0 Å². The fraction of sp³-hybridized carbons (Fsp3) is 0.927. The number of carbonyl (C=O) groups is 2. The number of aliphatic hydroxyl groups is 2. The third kappa shape index (κ3) is 47.9. The first-order chi connectivity index (χ1) is 30.0. The lowest BCUT2D eigenvalue weighted by molar-refractivity contribution is -0.143. The van der Waals surface area contributed by atoms with Gasteiger partial charge in [0.25, 0.3) is 0 Å². The number of ether oxygens (including phenoxy) is 1. The predicted molar refractivity (Wildman–Crippen MR) is 264 cm³/mol. The minimum atomic E-state index is -0.675. The quantitative estimate of drug-likeness (QED) is 0.0322. The molecule has 0 saturated carbocycles. The first-order valence-corrected chi connectivity index (χ1v) is 27.4. The zero-order valence-corrected chi connectivity index (χ0v) is 41.2. The van der Waals surface area contributed by atoms with Crippen molar-refractivity contribution in [2.45, 2.75) is 315 Å². The van der Waals surface area contributed by atoms with Gasteiger partial charge < -0.3 is 20.3 Å². The summed E-state index contributed by atoms with van der Waals surface area (Å²) in [5, 5.41) is 23.2. The van der Waals surface area contributed by atoms with Crippen molar-refractivity contribution < 1.29 is 24.5 Å². The van der Waals surface area contributed by atoms with E-state index in [-0.39, 0.29) is 18.5 Å². The Balaban J connectivity index is 3.44. The van der Waals surface area contributed by atoms with Gasteiger partial charge in [0.15, 0.2) is 0 Å². The molecule has 61 heavy (non-hydrogen) atoms. The summed E-state index contributed by atoms with van der Waals surface area (Å²) in [5.74, 6) is -0.0660. The van der Waals surface area contributed by atoms with Gasteiger partial charge in [-0.3, -0.25) is 9.59 Å². The number of rotatable bonds is 51. The van der Waals surface area contributed by atoms with Gasteiger partial charge in [-0.2, -0.15) is 0 Å². The van der Waals surface area contributed by atoms with Crippen LogP contribution in [0.1, 0.15) is 303 Å². The maximum atomic E-state index is 12.4. The van der Waals surface area contributed by atoms with Crippen molar-refractivity contribution in [1.82, 2.24) is 5.32 Å². The molecule has 0 aromatic heterocycles. The molecule has 6 heteroatoms. The number of hydrogen-bond donors (Lipinski definition) is 3. The summed E-state index contributed by atoms with van der Waals surface area (Å²) in [7, 11) is 0. The van der Waals surface area contributed by atoms with Gasteiger partial charge in [0.2, 0.25) is 5.91 Å². The molecule has 0 spiro atoms. The van der Waals surface area contributed by atoms with Crippen molar-refractivity contribution in [1.29, 1.82) is 0 Å². The Morgan fingerprint density at radius 2 is 0.770 bits per heavy atom. The van der Waals surface area contributed by atoms with Gasteiger partial charge >= 0.3 is 5.97 Å². The van der Waals surface area contributed by atoms with E-state index in [4.69, 9.17) is 4.74 Å². The predicted octanol–water partition coefficient (Wildman–Crippen LogP) is 16.5. The number of allylic oxidation sites excluding steroid dienone is 2. The molecular weight excluding hydrogens is 755 g/mol. The summed E-state index contributed by atoms with van der Waals surface area (Å²) in [6, 6.07) is -0.554. The molecule has 1 amide bonds. The van der Waals surface area contributed by atoms with Crippen LogP contribution in [0.5, 0.6) is 0 Å².